The molecule has 3 rings (SSSR count). The third-order valence-electron chi connectivity index (χ3n) is 2.85. The Morgan fingerprint density at radius 2 is 1.85 bits per heavy atom. The number of rotatable bonds is 3. The van der Waals surface area contributed by atoms with Crippen LogP contribution in [0.2, 0.25) is 0 Å². The highest BCUT2D eigenvalue weighted by molar-refractivity contribution is 14.1. The van der Waals surface area contributed by atoms with E-state index < -0.39 is 0 Å². The minimum atomic E-state index is 0.523. The molecule has 0 atom stereocenters. The predicted molar refractivity (Wildman–Crippen MR) is 84.4 cm³/mol. The number of methoxy groups -OCH3 is 1. The lowest BCUT2D eigenvalue weighted by Gasteiger charge is -1.99. The molecule has 0 unspecified atom stereocenters. The van der Waals surface area contributed by atoms with Crippen molar-refractivity contribution >= 4 is 22.6 Å². The van der Waals surface area contributed by atoms with Gasteiger partial charge in [0.1, 0.15) is 5.75 Å². The van der Waals surface area contributed by atoms with Crippen molar-refractivity contribution in [2.75, 3.05) is 7.11 Å². The Balaban J connectivity index is 1.93. The maximum Gasteiger partial charge on any atom is 0.258 e. The summed E-state index contributed by atoms with van der Waals surface area (Å²) in [5.74, 6) is 1.89. The number of hydrogen-bond donors (Lipinski definition) is 0. The molecule has 5 heteroatoms. The van der Waals surface area contributed by atoms with E-state index >= 15 is 0 Å². The van der Waals surface area contributed by atoms with E-state index in [0.29, 0.717) is 11.7 Å². The molecule has 0 spiro atoms. The summed E-state index contributed by atoms with van der Waals surface area (Å²) in [6.45, 7) is 0. The first-order valence-electron chi connectivity index (χ1n) is 6.00. The Morgan fingerprint density at radius 1 is 1.05 bits per heavy atom. The highest BCUT2D eigenvalue weighted by atomic mass is 127. The molecule has 3 aromatic rings. The lowest BCUT2D eigenvalue weighted by Crippen LogP contribution is -1.84. The average molecular weight is 378 g/mol. The molecule has 0 saturated heterocycles. The molecule has 2 aromatic carbocycles. The SMILES string of the molecule is COc1ccc(-c2noc(-c3cccc(I)c3)n2)cc1. The molecule has 1 heterocycles. The molecule has 0 fully saturated rings. The smallest absolute Gasteiger partial charge is 0.258 e. The molecule has 0 aliphatic carbocycles. The number of hydrogen-bond acceptors (Lipinski definition) is 4. The van der Waals surface area contributed by atoms with Crippen LogP contribution in [0.3, 0.4) is 0 Å². The molecule has 0 saturated carbocycles. The third kappa shape index (κ3) is 2.67. The van der Waals surface area contributed by atoms with Gasteiger partial charge in [0.2, 0.25) is 5.82 Å². The predicted octanol–water partition coefficient (Wildman–Crippen LogP) is 4.02. The van der Waals surface area contributed by atoms with Crippen molar-refractivity contribution in [3.63, 3.8) is 0 Å². The summed E-state index contributed by atoms with van der Waals surface area (Å²) in [6, 6.07) is 15.5. The highest BCUT2D eigenvalue weighted by Gasteiger charge is 2.10. The lowest BCUT2D eigenvalue weighted by molar-refractivity contribution is 0.415. The van der Waals surface area contributed by atoms with Crippen LogP contribution < -0.4 is 4.74 Å². The van der Waals surface area contributed by atoms with Crippen LogP contribution in [-0.4, -0.2) is 17.3 Å². The van der Waals surface area contributed by atoms with Gasteiger partial charge in [-0.2, -0.15) is 4.98 Å². The van der Waals surface area contributed by atoms with E-state index in [9.17, 15) is 0 Å². The van der Waals surface area contributed by atoms with E-state index in [0.717, 1.165) is 20.4 Å². The Bertz CT molecular complexity index is 723. The number of nitrogens with zero attached hydrogens (tertiary/aromatic N) is 2. The van der Waals surface area contributed by atoms with E-state index in [2.05, 4.69) is 32.7 Å². The minimum Gasteiger partial charge on any atom is -0.497 e. The second-order valence-electron chi connectivity index (χ2n) is 4.16. The van der Waals surface area contributed by atoms with Crippen molar-refractivity contribution in [2.24, 2.45) is 0 Å². The molecule has 4 nitrogen and oxygen atoms in total. The Morgan fingerprint density at radius 3 is 2.55 bits per heavy atom. The van der Waals surface area contributed by atoms with Gasteiger partial charge >= 0.3 is 0 Å². The first kappa shape index (κ1) is 13.1. The fraction of sp³-hybridized carbons (Fsp3) is 0.0667. The Kier molecular flexibility index (Phi) is 3.68. The van der Waals surface area contributed by atoms with Crippen molar-refractivity contribution in [3.05, 3.63) is 52.1 Å². The van der Waals surface area contributed by atoms with E-state index in [4.69, 9.17) is 9.26 Å². The molecular weight excluding hydrogens is 367 g/mol. The summed E-state index contributed by atoms with van der Waals surface area (Å²) in [5.41, 5.74) is 1.82. The zero-order valence-electron chi connectivity index (χ0n) is 10.7. The van der Waals surface area contributed by atoms with E-state index in [-0.39, 0.29) is 0 Å². The summed E-state index contributed by atoms with van der Waals surface area (Å²) >= 11 is 2.25. The van der Waals surface area contributed by atoms with Crippen LogP contribution >= 0.6 is 22.6 Å². The lowest BCUT2D eigenvalue weighted by atomic mass is 10.2. The molecule has 0 radical (unpaired) electrons. The highest BCUT2D eigenvalue weighted by Crippen LogP contribution is 2.24. The van der Waals surface area contributed by atoms with Gasteiger partial charge in [-0.3, -0.25) is 0 Å². The van der Waals surface area contributed by atoms with E-state index in [1.807, 2.05) is 48.5 Å². The maximum atomic E-state index is 5.32. The molecule has 0 bridgehead atoms. The summed E-state index contributed by atoms with van der Waals surface area (Å²) < 4.78 is 11.6. The van der Waals surface area contributed by atoms with Crippen LogP contribution in [0.25, 0.3) is 22.8 Å². The second kappa shape index (κ2) is 5.62. The van der Waals surface area contributed by atoms with Crippen LogP contribution in [-0.2, 0) is 0 Å². The van der Waals surface area contributed by atoms with Gasteiger partial charge in [-0.1, -0.05) is 11.2 Å². The van der Waals surface area contributed by atoms with Crippen LogP contribution in [0.1, 0.15) is 0 Å². The number of halogens is 1. The van der Waals surface area contributed by atoms with Gasteiger partial charge < -0.3 is 9.26 Å². The van der Waals surface area contributed by atoms with Gasteiger partial charge in [0.05, 0.1) is 7.11 Å². The zero-order valence-corrected chi connectivity index (χ0v) is 12.9. The number of aromatic nitrogens is 2. The molecule has 1 aromatic heterocycles. The van der Waals surface area contributed by atoms with Crippen molar-refractivity contribution in [2.45, 2.75) is 0 Å². The van der Waals surface area contributed by atoms with Gasteiger partial charge in [-0.15, -0.1) is 0 Å². The standard InChI is InChI=1S/C15H11IN2O2/c1-19-13-7-5-10(6-8-13)14-17-15(20-18-14)11-3-2-4-12(16)9-11/h2-9H,1H3. The topological polar surface area (TPSA) is 48.2 Å². The molecular formula is C15H11IN2O2. The van der Waals surface area contributed by atoms with Crippen LogP contribution in [0.5, 0.6) is 5.75 Å². The summed E-state index contributed by atoms with van der Waals surface area (Å²) in [7, 11) is 1.64. The van der Waals surface area contributed by atoms with Gasteiger partial charge in [0.15, 0.2) is 0 Å². The average Bonchev–Trinajstić information content (AvgIpc) is 2.97. The van der Waals surface area contributed by atoms with Gasteiger partial charge in [0, 0.05) is 14.7 Å². The minimum absolute atomic E-state index is 0.523. The number of ether oxygens (including phenoxy) is 1. The van der Waals surface area contributed by atoms with Crippen molar-refractivity contribution < 1.29 is 9.26 Å². The molecule has 100 valence electrons. The Labute approximate surface area is 129 Å². The summed E-state index contributed by atoms with van der Waals surface area (Å²) in [4.78, 5) is 4.43. The van der Waals surface area contributed by atoms with Crippen LogP contribution in [0.15, 0.2) is 53.1 Å². The largest absolute Gasteiger partial charge is 0.497 e. The van der Waals surface area contributed by atoms with Crippen molar-refractivity contribution in [3.8, 4) is 28.6 Å². The maximum absolute atomic E-state index is 5.32. The molecule has 0 aliphatic rings. The molecule has 0 aliphatic heterocycles. The van der Waals surface area contributed by atoms with Gasteiger partial charge in [0.25, 0.3) is 5.89 Å². The fourth-order valence-electron chi connectivity index (χ4n) is 1.82. The third-order valence-corrected chi connectivity index (χ3v) is 3.52. The zero-order chi connectivity index (χ0) is 13.9. The number of benzene rings is 2. The van der Waals surface area contributed by atoms with Crippen molar-refractivity contribution in [1.29, 1.82) is 0 Å². The quantitative estimate of drug-likeness (QED) is 0.646. The Hall–Kier alpha value is -1.89. The first-order valence-corrected chi connectivity index (χ1v) is 7.08. The van der Waals surface area contributed by atoms with E-state index in [1.54, 1.807) is 7.11 Å². The van der Waals surface area contributed by atoms with E-state index in [1.165, 1.54) is 0 Å². The van der Waals surface area contributed by atoms with Crippen LogP contribution in [0, 0.1) is 3.57 Å². The molecule has 0 N–H and O–H groups in total. The van der Waals surface area contributed by atoms with Crippen molar-refractivity contribution in [1.82, 2.24) is 10.1 Å². The molecule has 20 heavy (non-hydrogen) atoms. The fourth-order valence-corrected chi connectivity index (χ4v) is 2.36. The van der Waals surface area contributed by atoms with Gasteiger partial charge in [-0.25, -0.2) is 0 Å². The van der Waals surface area contributed by atoms with Gasteiger partial charge in [-0.05, 0) is 65.1 Å². The normalized spacial score (nSPS) is 10.5. The first-order chi connectivity index (χ1) is 9.76. The monoisotopic (exact) mass is 378 g/mol. The summed E-state index contributed by atoms with van der Waals surface area (Å²) in [6.07, 6.45) is 0. The second-order valence-corrected chi connectivity index (χ2v) is 5.41. The van der Waals surface area contributed by atoms with Crippen LogP contribution in [0.4, 0.5) is 0 Å². The molecule has 0 amide bonds. The summed E-state index contributed by atoms with van der Waals surface area (Å²) in [5, 5.41) is 4.02.